The van der Waals surface area contributed by atoms with E-state index in [1.54, 1.807) is 6.08 Å². The maximum absolute atomic E-state index is 11.7. The molecule has 0 atom stereocenters. The smallest absolute Gasteiger partial charge is 0.244 e. The minimum Gasteiger partial charge on any atom is -0.454 e. The number of amides is 1. The first-order valence-corrected chi connectivity index (χ1v) is 7.37. The van der Waals surface area contributed by atoms with E-state index in [-0.39, 0.29) is 12.7 Å². The van der Waals surface area contributed by atoms with Gasteiger partial charge in [0.25, 0.3) is 0 Å². The number of rotatable bonds is 5. The molecular weight excluding hydrogens is 290 g/mol. The Bertz CT molecular complexity index is 736. The van der Waals surface area contributed by atoms with Gasteiger partial charge in [-0.1, -0.05) is 54.6 Å². The molecule has 1 aliphatic heterocycles. The van der Waals surface area contributed by atoms with Crippen molar-refractivity contribution >= 4 is 12.0 Å². The number of allylic oxidation sites excluding steroid dienone is 2. The first kappa shape index (κ1) is 14.9. The highest BCUT2D eigenvalue weighted by Gasteiger charge is 2.11. The summed E-state index contributed by atoms with van der Waals surface area (Å²) < 4.78 is 10.6. The number of hydrogen-bond acceptors (Lipinski definition) is 3. The Morgan fingerprint density at radius 3 is 2.74 bits per heavy atom. The number of fused-ring (bicyclic) bond motifs is 1. The molecule has 0 spiro atoms. The molecule has 0 saturated carbocycles. The van der Waals surface area contributed by atoms with Crippen molar-refractivity contribution in [3.63, 3.8) is 0 Å². The summed E-state index contributed by atoms with van der Waals surface area (Å²) in [7, 11) is 0. The predicted molar refractivity (Wildman–Crippen MR) is 89.0 cm³/mol. The van der Waals surface area contributed by atoms with Gasteiger partial charge in [-0.2, -0.15) is 0 Å². The summed E-state index contributed by atoms with van der Waals surface area (Å²) in [6.07, 6.45) is 6.94. The van der Waals surface area contributed by atoms with Gasteiger partial charge in [0.05, 0.1) is 0 Å². The monoisotopic (exact) mass is 307 g/mol. The predicted octanol–water partition coefficient (Wildman–Crippen LogP) is 3.30. The van der Waals surface area contributed by atoms with E-state index in [0.29, 0.717) is 6.54 Å². The first-order chi connectivity index (χ1) is 11.3. The van der Waals surface area contributed by atoms with Crippen molar-refractivity contribution in [3.8, 4) is 11.5 Å². The maximum atomic E-state index is 11.7. The minimum atomic E-state index is -0.121. The van der Waals surface area contributed by atoms with Crippen LogP contribution in [0.15, 0.2) is 66.8 Å². The Hall–Kier alpha value is -3.01. The topological polar surface area (TPSA) is 47.6 Å². The molecule has 0 saturated heterocycles. The number of carbonyl (C=O) groups is 1. The van der Waals surface area contributed by atoms with Gasteiger partial charge in [0, 0.05) is 12.6 Å². The molecule has 1 aliphatic rings. The van der Waals surface area contributed by atoms with Crippen LogP contribution in [0.3, 0.4) is 0 Å². The van der Waals surface area contributed by atoms with Crippen molar-refractivity contribution in [2.75, 3.05) is 6.79 Å². The zero-order valence-corrected chi connectivity index (χ0v) is 12.6. The molecule has 0 bridgehead atoms. The van der Waals surface area contributed by atoms with Crippen LogP contribution >= 0.6 is 0 Å². The van der Waals surface area contributed by atoms with Crippen molar-refractivity contribution < 1.29 is 14.3 Å². The van der Waals surface area contributed by atoms with Crippen LogP contribution < -0.4 is 14.8 Å². The Balaban J connectivity index is 1.49. The summed E-state index contributed by atoms with van der Waals surface area (Å²) in [6, 6.07) is 15.5. The van der Waals surface area contributed by atoms with Crippen LogP contribution in [0, 0.1) is 0 Å². The molecule has 0 fully saturated rings. The Labute approximate surface area is 135 Å². The molecule has 0 aliphatic carbocycles. The second-order valence-electron chi connectivity index (χ2n) is 5.03. The van der Waals surface area contributed by atoms with Gasteiger partial charge in [0.1, 0.15) is 0 Å². The summed E-state index contributed by atoms with van der Waals surface area (Å²) in [5.74, 6) is 1.39. The van der Waals surface area contributed by atoms with E-state index in [1.165, 1.54) is 6.08 Å². The summed E-state index contributed by atoms with van der Waals surface area (Å²) in [5.41, 5.74) is 2.06. The van der Waals surface area contributed by atoms with Gasteiger partial charge >= 0.3 is 0 Å². The van der Waals surface area contributed by atoms with E-state index in [9.17, 15) is 4.79 Å². The molecule has 23 heavy (non-hydrogen) atoms. The Kier molecular flexibility index (Phi) is 4.74. The van der Waals surface area contributed by atoms with Crippen LogP contribution in [-0.2, 0) is 11.3 Å². The Morgan fingerprint density at radius 1 is 1.04 bits per heavy atom. The fraction of sp³-hybridized carbons (Fsp3) is 0.105. The van der Waals surface area contributed by atoms with E-state index < -0.39 is 0 Å². The SMILES string of the molecule is O=C(C=CC=Cc1ccc2c(c1)OCO2)NCc1ccccc1. The lowest BCUT2D eigenvalue weighted by Gasteiger charge is -2.01. The molecule has 1 amide bonds. The third kappa shape index (κ3) is 4.23. The van der Waals surface area contributed by atoms with Crippen molar-refractivity contribution in [2.45, 2.75) is 6.54 Å². The number of benzene rings is 2. The van der Waals surface area contributed by atoms with Gasteiger partial charge in [-0.05, 0) is 23.3 Å². The number of hydrogen-bond donors (Lipinski definition) is 1. The molecule has 2 aromatic rings. The van der Waals surface area contributed by atoms with Gasteiger partial charge in [-0.15, -0.1) is 0 Å². The molecular formula is C19H17NO3. The number of ether oxygens (including phenoxy) is 2. The van der Waals surface area contributed by atoms with Gasteiger partial charge in [-0.3, -0.25) is 4.79 Å². The highest BCUT2D eigenvalue weighted by Crippen LogP contribution is 2.32. The fourth-order valence-corrected chi connectivity index (χ4v) is 2.17. The van der Waals surface area contributed by atoms with Gasteiger partial charge in [0.2, 0.25) is 12.7 Å². The van der Waals surface area contributed by atoms with Crippen LogP contribution in [-0.4, -0.2) is 12.7 Å². The lowest BCUT2D eigenvalue weighted by atomic mass is 10.2. The van der Waals surface area contributed by atoms with E-state index in [4.69, 9.17) is 9.47 Å². The first-order valence-electron chi connectivity index (χ1n) is 7.37. The molecule has 2 aromatic carbocycles. The highest BCUT2D eigenvalue weighted by atomic mass is 16.7. The van der Waals surface area contributed by atoms with Gasteiger partial charge in [0.15, 0.2) is 11.5 Å². The lowest BCUT2D eigenvalue weighted by molar-refractivity contribution is -0.116. The average molecular weight is 307 g/mol. The van der Waals surface area contributed by atoms with Crippen LogP contribution in [0.25, 0.3) is 6.08 Å². The van der Waals surface area contributed by atoms with Crippen LogP contribution in [0.1, 0.15) is 11.1 Å². The van der Waals surface area contributed by atoms with E-state index in [2.05, 4.69) is 5.32 Å². The van der Waals surface area contributed by atoms with Crippen molar-refractivity contribution in [2.24, 2.45) is 0 Å². The van der Waals surface area contributed by atoms with Crippen molar-refractivity contribution in [1.82, 2.24) is 5.32 Å². The molecule has 0 radical (unpaired) electrons. The second-order valence-corrected chi connectivity index (χ2v) is 5.03. The van der Waals surface area contributed by atoms with Crippen molar-refractivity contribution in [1.29, 1.82) is 0 Å². The summed E-state index contributed by atoms with van der Waals surface area (Å²) >= 11 is 0. The quantitative estimate of drug-likeness (QED) is 0.681. The zero-order valence-electron chi connectivity index (χ0n) is 12.6. The molecule has 116 valence electrons. The van der Waals surface area contributed by atoms with Crippen LogP contribution in [0.2, 0.25) is 0 Å². The molecule has 4 heteroatoms. The molecule has 0 unspecified atom stereocenters. The zero-order chi connectivity index (χ0) is 15.9. The van der Waals surface area contributed by atoms with Gasteiger partial charge in [-0.25, -0.2) is 0 Å². The van der Waals surface area contributed by atoms with Gasteiger partial charge < -0.3 is 14.8 Å². The lowest BCUT2D eigenvalue weighted by Crippen LogP contribution is -2.20. The normalized spacial score (nSPS) is 12.9. The standard InChI is InChI=1S/C19H17NO3/c21-19(20-13-16-7-2-1-3-8-16)9-5-4-6-15-10-11-17-18(12-15)23-14-22-17/h1-12H,13-14H2,(H,20,21). The third-order valence-electron chi connectivity index (χ3n) is 3.35. The van der Waals surface area contributed by atoms with Crippen LogP contribution in [0.4, 0.5) is 0 Å². The third-order valence-corrected chi connectivity index (χ3v) is 3.35. The molecule has 0 aromatic heterocycles. The Morgan fingerprint density at radius 2 is 1.87 bits per heavy atom. The summed E-state index contributed by atoms with van der Waals surface area (Å²) in [5, 5.41) is 2.84. The minimum absolute atomic E-state index is 0.121. The van der Waals surface area contributed by atoms with E-state index >= 15 is 0 Å². The number of nitrogens with one attached hydrogen (secondary N) is 1. The highest BCUT2D eigenvalue weighted by molar-refractivity contribution is 5.87. The maximum Gasteiger partial charge on any atom is 0.244 e. The number of carbonyl (C=O) groups excluding carboxylic acids is 1. The van der Waals surface area contributed by atoms with Crippen molar-refractivity contribution in [3.05, 3.63) is 77.9 Å². The second kappa shape index (κ2) is 7.31. The molecule has 4 nitrogen and oxygen atoms in total. The fourth-order valence-electron chi connectivity index (χ4n) is 2.17. The van der Waals surface area contributed by atoms with E-state index in [1.807, 2.05) is 60.7 Å². The summed E-state index contributed by atoms with van der Waals surface area (Å²) in [4.78, 5) is 11.7. The molecule has 1 N–H and O–H groups in total. The molecule has 3 rings (SSSR count). The van der Waals surface area contributed by atoms with E-state index in [0.717, 1.165) is 22.6 Å². The van der Waals surface area contributed by atoms with Crippen LogP contribution in [0.5, 0.6) is 11.5 Å². The summed E-state index contributed by atoms with van der Waals surface area (Å²) in [6.45, 7) is 0.792. The molecule has 1 heterocycles. The largest absolute Gasteiger partial charge is 0.454 e. The average Bonchev–Trinajstić information content (AvgIpc) is 3.05.